The molecule has 0 unspecified atom stereocenters. The minimum atomic E-state index is 0.555. The summed E-state index contributed by atoms with van der Waals surface area (Å²) < 4.78 is 7.32. The van der Waals surface area contributed by atoms with Crippen LogP contribution in [0, 0.1) is 0 Å². The topological polar surface area (TPSA) is 53.5 Å². The summed E-state index contributed by atoms with van der Waals surface area (Å²) in [4.78, 5) is 16.2. The standard InChI is InChI=1S/C81H54N6/c1-2-3-4-9-34-58-47-62(81-83-79(57-32-16-8-17-33-57)82-80(84-81)61-49-59(54-26-10-5-11-27-54)48-60(50-61)55-28-12-6-13-29-55)51-69(56-30-14-7-15-31-56)78(58)87-76-45-43-63(85-72-39-22-18-35-65(72)66-36-19-23-40-73(66)85)52-70(76)71-53-64(44-46-77(71)87)86-74-41-24-20-37-67(74)68-38-21-25-42-75(68)86/h2-53H,1H2/b4-3-,34-9+. The van der Waals surface area contributed by atoms with Crippen LogP contribution in [0.4, 0.5) is 0 Å². The van der Waals surface area contributed by atoms with Crippen LogP contribution in [0.25, 0.3) is 156 Å². The molecular formula is C81H54N6. The maximum absolute atomic E-state index is 5.52. The van der Waals surface area contributed by atoms with Crippen molar-refractivity contribution < 1.29 is 0 Å². The number of benzene rings is 12. The molecule has 0 atom stereocenters. The van der Waals surface area contributed by atoms with Gasteiger partial charge in [0.1, 0.15) is 0 Å². The SMILES string of the molecule is C=C/C=C\C=C\c1cc(-c2nc(-c3ccccc3)nc(-c3cc(-c4ccccc4)cc(-c4ccccc4)c3)n2)cc(-c2ccccc2)c1-n1c2ccc(-n3c4ccccc4c4ccccc43)cc2c2cc(-n3c4ccccc4c4ccccc43)ccc21. The van der Waals surface area contributed by atoms with E-state index in [1.165, 1.54) is 21.5 Å². The summed E-state index contributed by atoms with van der Waals surface area (Å²) in [5.41, 5.74) is 20.0. The molecule has 12 aromatic carbocycles. The van der Waals surface area contributed by atoms with E-state index in [-0.39, 0.29) is 0 Å². The van der Waals surface area contributed by atoms with E-state index in [0.717, 1.165) is 117 Å². The zero-order chi connectivity index (χ0) is 57.8. The number of hydrogen-bond acceptors (Lipinski definition) is 3. The number of hydrogen-bond donors (Lipinski definition) is 0. The van der Waals surface area contributed by atoms with Crippen molar-refractivity contribution in [1.29, 1.82) is 0 Å². The molecular weight excluding hydrogens is 1060 g/mol. The van der Waals surface area contributed by atoms with E-state index < -0.39 is 0 Å². The number of aromatic nitrogens is 6. The van der Waals surface area contributed by atoms with Crippen LogP contribution >= 0.6 is 0 Å². The molecule has 0 saturated carbocycles. The Kier molecular flexibility index (Phi) is 12.6. The average Bonchev–Trinajstić information content (AvgIpc) is 1.75. The van der Waals surface area contributed by atoms with Crippen molar-refractivity contribution in [3.8, 4) is 84.6 Å². The summed E-state index contributed by atoms with van der Waals surface area (Å²) in [5.74, 6) is 1.71. The summed E-state index contributed by atoms with van der Waals surface area (Å²) in [6.07, 6.45) is 10.1. The molecule has 16 aromatic rings. The fraction of sp³-hybridized carbons (Fsp3) is 0. The first-order valence-electron chi connectivity index (χ1n) is 29.4. The summed E-state index contributed by atoms with van der Waals surface area (Å²) in [6.45, 7) is 4.02. The highest BCUT2D eigenvalue weighted by Crippen LogP contribution is 2.44. The number of nitrogens with zero attached hydrogens (tertiary/aromatic N) is 6. The summed E-state index contributed by atoms with van der Waals surface area (Å²) >= 11 is 0. The van der Waals surface area contributed by atoms with Gasteiger partial charge in [-0.3, -0.25) is 0 Å². The third-order valence-corrected chi connectivity index (χ3v) is 16.8. The Morgan fingerprint density at radius 2 is 0.632 bits per heavy atom. The van der Waals surface area contributed by atoms with Crippen molar-refractivity contribution in [1.82, 2.24) is 28.7 Å². The lowest BCUT2D eigenvalue weighted by atomic mass is 9.95. The molecule has 0 amide bonds. The Morgan fingerprint density at radius 1 is 0.264 bits per heavy atom. The van der Waals surface area contributed by atoms with Gasteiger partial charge < -0.3 is 13.7 Å². The normalized spacial score (nSPS) is 11.9. The molecule has 16 rings (SSSR count). The number of rotatable bonds is 12. The van der Waals surface area contributed by atoms with Gasteiger partial charge in [0, 0.05) is 65.9 Å². The molecule has 87 heavy (non-hydrogen) atoms. The van der Waals surface area contributed by atoms with Crippen LogP contribution in [0.1, 0.15) is 5.56 Å². The van der Waals surface area contributed by atoms with Gasteiger partial charge in [0.25, 0.3) is 0 Å². The van der Waals surface area contributed by atoms with Crippen molar-refractivity contribution in [3.05, 3.63) is 322 Å². The lowest BCUT2D eigenvalue weighted by Gasteiger charge is -2.20. The molecule has 0 aliphatic carbocycles. The molecule has 0 spiro atoms. The summed E-state index contributed by atoms with van der Waals surface area (Å²) in [6, 6.07) is 102. The van der Waals surface area contributed by atoms with Crippen LogP contribution in [0.2, 0.25) is 0 Å². The van der Waals surface area contributed by atoms with E-state index in [4.69, 9.17) is 15.0 Å². The molecule has 6 nitrogen and oxygen atoms in total. The third kappa shape index (κ3) is 8.94. The Bertz CT molecular complexity index is 5060. The quantitative estimate of drug-likeness (QED) is 0.115. The van der Waals surface area contributed by atoms with E-state index in [1.54, 1.807) is 6.08 Å². The molecule has 6 heteroatoms. The van der Waals surface area contributed by atoms with Crippen molar-refractivity contribution in [2.24, 2.45) is 0 Å². The van der Waals surface area contributed by atoms with Crippen molar-refractivity contribution in [2.75, 3.05) is 0 Å². The summed E-state index contributed by atoms with van der Waals surface area (Å²) in [7, 11) is 0. The minimum Gasteiger partial charge on any atom is -0.309 e. The predicted molar refractivity (Wildman–Crippen MR) is 364 cm³/mol. The molecule has 4 heterocycles. The van der Waals surface area contributed by atoms with E-state index in [0.29, 0.717) is 17.5 Å². The highest BCUT2D eigenvalue weighted by molar-refractivity contribution is 6.15. The van der Waals surface area contributed by atoms with Gasteiger partial charge in [-0.25, -0.2) is 15.0 Å². The van der Waals surface area contributed by atoms with E-state index in [2.05, 4.69) is 299 Å². The van der Waals surface area contributed by atoms with E-state index in [9.17, 15) is 0 Å². The van der Waals surface area contributed by atoms with Gasteiger partial charge in [-0.2, -0.15) is 0 Å². The maximum Gasteiger partial charge on any atom is 0.164 e. The van der Waals surface area contributed by atoms with Crippen LogP contribution in [0.3, 0.4) is 0 Å². The fourth-order valence-corrected chi connectivity index (χ4v) is 12.9. The van der Waals surface area contributed by atoms with Crippen LogP contribution in [-0.2, 0) is 0 Å². The molecule has 0 fully saturated rings. The Labute approximate surface area is 503 Å². The van der Waals surface area contributed by atoms with Crippen molar-refractivity contribution in [2.45, 2.75) is 0 Å². The number of allylic oxidation sites excluding steroid dienone is 4. The minimum absolute atomic E-state index is 0.555. The molecule has 408 valence electrons. The number of para-hydroxylation sites is 4. The molecule has 0 N–H and O–H groups in total. The second-order valence-corrected chi connectivity index (χ2v) is 22.0. The van der Waals surface area contributed by atoms with Gasteiger partial charge in [-0.05, 0) is 124 Å². The fourth-order valence-electron chi connectivity index (χ4n) is 12.9. The molecule has 0 aliphatic rings. The van der Waals surface area contributed by atoms with Gasteiger partial charge in [-0.1, -0.05) is 231 Å². The Morgan fingerprint density at radius 3 is 1.08 bits per heavy atom. The molecule has 0 bridgehead atoms. The lowest BCUT2D eigenvalue weighted by Crippen LogP contribution is -2.04. The first-order valence-corrected chi connectivity index (χ1v) is 29.4. The second-order valence-electron chi connectivity index (χ2n) is 22.0. The van der Waals surface area contributed by atoms with Crippen LogP contribution in [0.15, 0.2) is 316 Å². The molecule has 0 radical (unpaired) electrons. The number of fused-ring (bicyclic) bond motifs is 9. The van der Waals surface area contributed by atoms with Crippen molar-refractivity contribution in [3.63, 3.8) is 0 Å². The monoisotopic (exact) mass is 1110 g/mol. The molecule has 0 aliphatic heterocycles. The van der Waals surface area contributed by atoms with Gasteiger partial charge in [0.2, 0.25) is 0 Å². The predicted octanol–water partition coefficient (Wildman–Crippen LogP) is 20.9. The molecule has 0 saturated heterocycles. The Hall–Kier alpha value is -11.7. The van der Waals surface area contributed by atoms with Crippen LogP contribution < -0.4 is 0 Å². The first-order chi connectivity index (χ1) is 43.1. The van der Waals surface area contributed by atoms with Crippen LogP contribution in [-0.4, -0.2) is 28.7 Å². The highest BCUT2D eigenvalue weighted by atomic mass is 15.0. The summed E-state index contributed by atoms with van der Waals surface area (Å²) in [5, 5.41) is 7.13. The second kappa shape index (κ2) is 21.5. The van der Waals surface area contributed by atoms with E-state index >= 15 is 0 Å². The zero-order valence-corrected chi connectivity index (χ0v) is 47.4. The van der Waals surface area contributed by atoms with Gasteiger partial charge in [-0.15, -0.1) is 0 Å². The van der Waals surface area contributed by atoms with Gasteiger partial charge >= 0.3 is 0 Å². The van der Waals surface area contributed by atoms with Gasteiger partial charge in [0.15, 0.2) is 17.5 Å². The van der Waals surface area contributed by atoms with Gasteiger partial charge in [0.05, 0.1) is 38.8 Å². The van der Waals surface area contributed by atoms with Crippen molar-refractivity contribution >= 4 is 71.5 Å². The Balaban J connectivity index is 0.979. The largest absolute Gasteiger partial charge is 0.309 e. The van der Waals surface area contributed by atoms with E-state index in [1.807, 2.05) is 30.4 Å². The first kappa shape index (κ1) is 51.0. The highest BCUT2D eigenvalue weighted by Gasteiger charge is 2.24. The van der Waals surface area contributed by atoms with Crippen LogP contribution in [0.5, 0.6) is 0 Å². The smallest absolute Gasteiger partial charge is 0.164 e. The lowest BCUT2D eigenvalue weighted by molar-refractivity contribution is 1.07. The average molecular weight is 1110 g/mol. The molecule has 4 aromatic heterocycles. The maximum atomic E-state index is 5.52. The third-order valence-electron chi connectivity index (χ3n) is 16.8. The zero-order valence-electron chi connectivity index (χ0n) is 47.4.